The number of aromatic carboxylic acids is 1. The van der Waals surface area contributed by atoms with Crippen molar-refractivity contribution in [3.63, 3.8) is 0 Å². The molecule has 2 aromatic carbocycles. The molecule has 2 aromatic rings. The van der Waals surface area contributed by atoms with Crippen molar-refractivity contribution in [2.24, 2.45) is 0 Å². The summed E-state index contributed by atoms with van der Waals surface area (Å²) < 4.78 is 13.9. The predicted molar refractivity (Wildman–Crippen MR) is 79.4 cm³/mol. The number of carbonyl (C=O) groups is 1. The Balaban J connectivity index is 2.65. The van der Waals surface area contributed by atoms with Crippen molar-refractivity contribution in [2.45, 2.75) is 12.8 Å². The standard InChI is InChI=1S/C18H14FNO2/c1-2-3-5-12-6-4-7-15(18(21)22)17(12)13-8-9-14(11-20)16(19)10-13/h2,4,6-10H,1,3,5H2,(H,21,22)/p-1. The molecular formula is C18H13FNO2-. The highest BCUT2D eigenvalue weighted by Crippen LogP contribution is 2.30. The van der Waals surface area contributed by atoms with E-state index in [0.717, 1.165) is 5.56 Å². The fourth-order valence-corrected chi connectivity index (χ4v) is 2.34. The Morgan fingerprint density at radius 1 is 1.36 bits per heavy atom. The third kappa shape index (κ3) is 3.04. The number of hydrogen-bond acceptors (Lipinski definition) is 3. The number of carboxylic acid groups (broad SMARTS) is 1. The molecule has 0 heterocycles. The van der Waals surface area contributed by atoms with Crippen LogP contribution < -0.4 is 5.11 Å². The molecule has 0 saturated carbocycles. The zero-order chi connectivity index (χ0) is 16.1. The number of nitriles is 1. The Labute approximate surface area is 128 Å². The van der Waals surface area contributed by atoms with Crippen LogP contribution in [0.3, 0.4) is 0 Å². The summed E-state index contributed by atoms with van der Waals surface area (Å²) in [5, 5.41) is 20.1. The molecule has 0 aromatic heterocycles. The van der Waals surface area contributed by atoms with Crippen LogP contribution in [0.4, 0.5) is 4.39 Å². The van der Waals surface area contributed by atoms with Crippen LogP contribution in [0.25, 0.3) is 11.1 Å². The molecule has 3 nitrogen and oxygen atoms in total. The van der Waals surface area contributed by atoms with Crippen LogP contribution in [0.5, 0.6) is 0 Å². The summed E-state index contributed by atoms with van der Waals surface area (Å²) in [6, 6.07) is 10.7. The minimum absolute atomic E-state index is 0.00525. The van der Waals surface area contributed by atoms with Gasteiger partial charge in [-0.2, -0.15) is 5.26 Å². The second-order valence-corrected chi connectivity index (χ2v) is 4.76. The Morgan fingerprint density at radius 3 is 2.73 bits per heavy atom. The monoisotopic (exact) mass is 294 g/mol. The van der Waals surface area contributed by atoms with Crippen LogP contribution in [0.1, 0.15) is 27.9 Å². The van der Waals surface area contributed by atoms with E-state index >= 15 is 0 Å². The molecule has 110 valence electrons. The maximum Gasteiger partial charge on any atom is 0.141 e. The van der Waals surface area contributed by atoms with Crippen LogP contribution in [-0.4, -0.2) is 5.97 Å². The van der Waals surface area contributed by atoms with Crippen LogP contribution in [-0.2, 0) is 6.42 Å². The smallest absolute Gasteiger partial charge is 0.141 e. The van der Waals surface area contributed by atoms with Gasteiger partial charge in [0.2, 0.25) is 0 Å². The molecule has 0 radical (unpaired) electrons. The van der Waals surface area contributed by atoms with E-state index in [4.69, 9.17) is 5.26 Å². The first-order valence-electron chi connectivity index (χ1n) is 6.72. The van der Waals surface area contributed by atoms with Gasteiger partial charge in [0, 0.05) is 5.56 Å². The normalized spacial score (nSPS) is 10.0. The second-order valence-electron chi connectivity index (χ2n) is 4.76. The summed E-state index contributed by atoms with van der Waals surface area (Å²) in [7, 11) is 0. The molecule has 0 aliphatic rings. The zero-order valence-electron chi connectivity index (χ0n) is 11.8. The van der Waals surface area contributed by atoms with E-state index in [-0.39, 0.29) is 11.1 Å². The van der Waals surface area contributed by atoms with Gasteiger partial charge in [0.15, 0.2) is 0 Å². The van der Waals surface area contributed by atoms with E-state index < -0.39 is 11.8 Å². The molecule has 0 N–H and O–H groups in total. The van der Waals surface area contributed by atoms with Gasteiger partial charge in [0.25, 0.3) is 0 Å². The number of benzene rings is 2. The summed E-state index contributed by atoms with van der Waals surface area (Å²) in [6.45, 7) is 3.65. The zero-order valence-corrected chi connectivity index (χ0v) is 11.8. The minimum atomic E-state index is -1.32. The number of carboxylic acids is 1. The summed E-state index contributed by atoms with van der Waals surface area (Å²) in [5.41, 5.74) is 1.53. The lowest BCUT2D eigenvalue weighted by atomic mass is 9.91. The van der Waals surface area contributed by atoms with Crippen molar-refractivity contribution >= 4 is 5.97 Å². The number of halogens is 1. The fourth-order valence-electron chi connectivity index (χ4n) is 2.34. The van der Waals surface area contributed by atoms with Crippen molar-refractivity contribution < 1.29 is 14.3 Å². The number of aryl methyl sites for hydroxylation is 1. The topological polar surface area (TPSA) is 63.9 Å². The summed E-state index contributed by atoms with van der Waals surface area (Å²) in [6.07, 6.45) is 2.98. The van der Waals surface area contributed by atoms with E-state index in [1.54, 1.807) is 30.3 Å². The summed E-state index contributed by atoms with van der Waals surface area (Å²) in [4.78, 5) is 11.4. The van der Waals surface area contributed by atoms with E-state index in [1.807, 2.05) is 0 Å². The Morgan fingerprint density at radius 2 is 2.14 bits per heavy atom. The molecule has 0 fully saturated rings. The van der Waals surface area contributed by atoms with Crippen LogP contribution in [0, 0.1) is 17.1 Å². The van der Waals surface area contributed by atoms with E-state index in [2.05, 4.69) is 6.58 Å². The average molecular weight is 294 g/mol. The second kappa shape index (κ2) is 6.68. The highest BCUT2D eigenvalue weighted by Gasteiger charge is 2.13. The quantitative estimate of drug-likeness (QED) is 0.796. The predicted octanol–water partition coefficient (Wildman–Crippen LogP) is 2.85. The summed E-state index contributed by atoms with van der Waals surface area (Å²) in [5.74, 6) is -2.00. The van der Waals surface area contributed by atoms with E-state index in [9.17, 15) is 14.3 Å². The molecule has 2 rings (SSSR count). The van der Waals surface area contributed by atoms with E-state index in [0.29, 0.717) is 24.0 Å². The molecule has 22 heavy (non-hydrogen) atoms. The van der Waals surface area contributed by atoms with Gasteiger partial charge < -0.3 is 9.90 Å². The third-order valence-corrected chi connectivity index (χ3v) is 3.37. The fraction of sp³-hybridized carbons (Fsp3) is 0.111. The van der Waals surface area contributed by atoms with Crippen molar-refractivity contribution in [3.8, 4) is 17.2 Å². The molecule has 0 saturated heterocycles. The van der Waals surface area contributed by atoms with Gasteiger partial charge in [-0.25, -0.2) is 4.39 Å². The first-order chi connectivity index (χ1) is 10.6. The molecule has 0 unspecified atom stereocenters. The van der Waals surface area contributed by atoms with Crippen LogP contribution in [0.15, 0.2) is 49.1 Å². The number of hydrogen-bond donors (Lipinski definition) is 0. The lowest BCUT2D eigenvalue weighted by molar-refractivity contribution is -0.254. The lowest BCUT2D eigenvalue weighted by Crippen LogP contribution is -2.23. The van der Waals surface area contributed by atoms with Crippen LogP contribution >= 0.6 is 0 Å². The maximum absolute atomic E-state index is 13.9. The molecule has 0 bridgehead atoms. The largest absolute Gasteiger partial charge is 0.545 e. The number of nitrogens with zero attached hydrogens (tertiary/aromatic N) is 1. The van der Waals surface area contributed by atoms with Crippen molar-refractivity contribution in [1.29, 1.82) is 5.26 Å². The first kappa shape index (κ1) is 15.5. The average Bonchev–Trinajstić information content (AvgIpc) is 2.52. The lowest BCUT2D eigenvalue weighted by Gasteiger charge is -2.16. The third-order valence-electron chi connectivity index (χ3n) is 3.37. The molecule has 4 heteroatoms. The maximum atomic E-state index is 13.9. The van der Waals surface area contributed by atoms with Crippen molar-refractivity contribution in [2.75, 3.05) is 0 Å². The SMILES string of the molecule is C=CCCc1cccc(C(=O)[O-])c1-c1ccc(C#N)c(F)c1. The van der Waals surface area contributed by atoms with Crippen molar-refractivity contribution in [3.05, 3.63) is 71.6 Å². The Hall–Kier alpha value is -2.93. The van der Waals surface area contributed by atoms with E-state index in [1.165, 1.54) is 18.2 Å². The highest BCUT2D eigenvalue weighted by molar-refractivity contribution is 5.95. The highest BCUT2D eigenvalue weighted by atomic mass is 19.1. The van der Waals surface area contributed by atoms with Crippen molar-refractivity contribution in [1.82, 2.24) is 0 Å². The van der Waals surface area contributed by atoms with Gasteiger partial charge in [0.1, 0.15) is 11.9 Å². The van der Waals surface area contributed by atoms with Gasteiger partial charge in [-0.05, 0) is 41.7 Å². The number of rotatable bonds is 5. The first-order valence-corrected chi connectivity index (χ1v) is 6.72. The van der Waals surface area contributed by atoms with Crippen LogP contribution in [0.2, 0.25) is 0 Å². The Bertz CT molecular complexity index is 775. The molecule has 0 aliphatic heterocycles. The molecule has 0 spiro atoms. The molecule has 0 amide bonds. The van der Waals surface area contributed by atoms with Gasteiger partial charge in [-0.3, -0.25) is 0 Å². The molecule has 0 atom stereocenters. The molecule has 0 aliphatic carbocycles. The van der Waals surface area contributed by atoms with Gasteiger partial charge >= 0.3 is 0 Å². The number of carbonyl (C=O) groups excluding carboxylic acids is 1. The van der Waals surface area contributed by atoms with Gasteiger partial charge in [-0.1, -0.05) is 30.3 Å². The summed E-state index contributed by atoms with van der Waals surface area (Å²) >= 11 is 0. The Kier molecular flexibility index (Phi) is 4.70. The van der Waals surface area contributed by atoms with Gasteiger partial charge in [0.05, 0.1) is 11.5 Å². The molecular weight excluding hydrogens is 281 g/mol. The minimum Gasteiger partial charge on any atom is -0.545 e. The number of allylic oxidation sites excluding steroid dienone is 1. The van der Waals surface area contributed by atoms with Gasteiger partial charge in [-0.15, -0.1) is 6.58 Å².